The van der Waals surface area contributed by atoms with Crippen molar-refractivity contribution in [1.29, 1.82) is 0 Å². The van der Waals surface area contributed by atoms with Crippen LogP contribution in [0.5, 0.6) is 0 Å². The zero-order chi connectivity index (χ0) is 15.4. The maximum absolute atomic E-state index is 6.34. The first-order valence-electron chi connectivity index (χ1n) is 7.76. The minimum atomic E-state index is 0.451. The van der Waals surface area contributed by atoms with Gasteiger partial charge in [0, 0.05) is 11.4 Å². The van der Waals surface area contributed by atoms with E-state index < -0.39 is 0 Å². The molecule has 112 valence electrons. The Bertz CT molecular complexity index is 598. The van der Waals surface area contributed by atoms with Crippen LogP contribution in [0.3, 0.4) is 0 Å². The van der Waals surface area contributed by atoms with E-state index in [0.29, 0.717) is 5.92 Å². The van der Waals surface area contributed by atoms with Crippen LogP contribution in [0.1, 0.15) is 55.4 Å². The minimum Gasteiger partial charge on any atom is -0.399 e. The molecule has 0 bridgehead atoms. The zero-order valence-electron chi connectivity index (χ0n) is 13.3. The van der Waals surface area contributed by atoms with E-state index in [-0.39, 0.29) is 0 Å². The minimum absolute atomic E-state index is 0.451. The summed E-state index contributed by atoms with van der Waals surface area (Å²) in [5.74, 6) is 0.451. The van der Waals surface area contributed by atoms with E-state index in [1.807, 2.05) is 12.1 Å². The molecule has 0 aliphatic heterocycles. The Balaban J connectivity index is 2.36. The van der Waals surface area contributed by atoms with Crippen molar-refractivity contribution in [2.24, 2.45) is 0 Å². The third-order valence-electron chi connectivity index (χ3n) is 3.89. The van der Waals surface area contributed by atoms with Crippen LogP contribution in [0.25, 0.3) is 0 Å². The van der Waals surface area contributed by atoms with Gasteiger partial charge in [0.15, 0.2) is 0 Å². The van der Waals surface area contributed by atoms with Gasteiger partial charge in [-0.2, -0.15) is 0 Å². The number of hydrogen-bond acceptors (Lipinski definition) is 2. The Kier molecular flexibility index (Phi) is 4.89. The van der Waals surface area contributed by atoms with Crippen LogP contribution in [-0.4, -0.2) is 0 Å². The van der Waals surface area contributed by atoms with E-state index >= 15 is 0 Å². The van der Waals surface area contributed by atoms with Gasteiger partial charge < -0.3 is 11.5 Å². The molecule has 4 N–H and O–H groups in total. The normalized spacial score (nSPS) is 11.0. The number of nitrogens with two attached hydrogens (primary N) is 2. The highest BCUT2D eigenvalue weighted by Crippen LogP contribution is 2.29. The van der Waals surface area contributed by atoms with Crippen molar-refractivity contribution in [3.8, 4) is 0 Å². The van der Waals surface area contributed by atoms with Crippen molar-refractivity contribution in [2.45, 2.75) is 46.0 Å². The highest BCUT2D eigenvalue weighted by molar-refractivity contribution is 5.57. The Labute approximate surface area is 128 Å². The standard InChI is InChI=1S/C19H26N2/c1-4-5-16-11-15(12-18(13(2)3)19(16)21)10-14-6-8-17(20)9-7-14/h6-9,11-13H,4-5,10,20-21H2,1-3H3. The molecule has 0 heterocycles. The molecule has 2 aromatic carbocycles. The molecule has 2 rings (SSSR count). The van der Waals surface area contributed by atoms with E-state index in [4.69, 9.17) is 11.5 Å². The first kappa shape index (κ1) is 15.4. The molecule has 0 aliphatic rings. The first-order valence-corrected chi connectivity index (χ1v) is 7.76. The summed E-state index contributed by atoms with van der Waals surface area (Å²) in [6, 6.07) is 12.6. The predicted octanol–water partition coefficient (Wildman–Crippen LogP) is 4.52. The van der Waals surface area contributed by atoms with Gasteiger partial charge in [-0.3, -0.25) is 0 Å². The van der Waals surface area contributed by atoms with Crippen molar-refractivity contribution >= 4 is 11.4 Å². The Morgan fingerprint density at radius 1 is 0.952 bits per heavy atom. The van der Waals surface area contributed by atoms with E-state index in [1.54, 1.807) is 0 Å². The second-order valence-corrected chi connectivity index (χ2v) is 6.08. The molecule has 0 amide bonds. The lowest BCUT2D eigenvalue weighted by Crippen LogP contribution is -2.04. The summed E-state index contributed by atoms with van der Waals surface area (Å²) in [5, 5.41) is 0. The van der Waals surface area contributed by atoms with Gasteiger partial charge in [0.1, 0.15) is 0 Å². The molecule has 0 saturated heterocycles. The summed E-state index contributed by atoms with van der Waals surface area (Å²) in [6.45, 7) is 6.60. The fourth-order valence-corrected chi connectivity index (χ4v) is 2.73. The third kappa shape index (κ3) is 3.78. The van der Waals surface area contributed by atoms with Crippen molar-refractivity contribution in [3.05, 3.63) is 58.7 Å². The summed E-state index contributed by atoms with van der Waals surface area (Å²) in [4.78, 5) is 0. The second kappa shape index (κ2) is 6.66. The zero-order valence-corrected chi connectivity index (χ0v) is 13.3. The summed E-state index contributed by atoms with van der Waals surface area (Å²) >= 11 is 0. The first-order chi connectivity index (χ1) is 10.0. The van der Waals surface area contributed by atoms with Crippen LogP contribution < -0.4 is 11.5 Å². The monoisotopic (exact) mass is 282 g/mol. The molecule has 0 saturated carbocycles. The van der Waals surface area contributed by atoms with Crippen LogP contribution in [0.15, 0.2) is 36.4 Å². The molecule has 2 nitrogen and oxygen atoms in total. The fourth-order valence-electron chi connectivity index (χ4n) is 2.73. The molecule has 2 aromatic rings. The average Bonchev–Trinajstić information content (AvgIpc) is 2.44. The van der Waals surface area contributed by atoms with E-state index in [2.05, 4.69) is 45.0 Å². The Morgan fingerprint density at radius 2 is 1.62 bits per heavy atom. The molecule has 0 radical (unpaired) electrons. The number of benzene rings is 2. The van der Waals surface area contributed by atoms with Crippen molar-refractivity contribution in [2.75, 3.05) is 11.5 Å². The molecular formula is C19H26N2. The van der Waals surface area contributed by atoms with Gasteiger partial charge in [-0.25, -0.2) is 0 Å². The molecule has 0 spiro atoms. The van der Waals surface area contributed by atoms with Gasteiger partial charge in [-0.05, 0) is 53.1 Å². The number of anilines is 2. The van der Waals surface area contributed by atoms with Crippen LogP contribution >= 0.6 is 0 Å². The van der Waals surface area contributed by atoms with Crippen LogP contribution in [-0.2, 0) is 12.8 Å². The van der Waals surface area contributed by atoms with Crippen LogP contribution in [0, 0.1) is 0 Å². The quantitative estimate of drug-likeness (QED) is 0.792. The Morgan fingerprint density at radius 3 is 2.19 bits per heavy atom. The van der Waals surface area contributed by atoms with Crippen LogP contribution in [0.2, 0.25) is 0 Å². The molecule has 0 aromatic heterocycles. The van der Waals surface area contributed by atoms with E-state index in [0.717, 1.165) is 30.6 Å². The summed E-state index contributed by atoms with van der Waals surface area (Å²) in [7, 11) is 0. The lowest BCUT2D eigenvalue weighted by Gasteiger charge is -2.16. The largest absolute Gasteiger partial charge is 0.399 e. The highest BCUT2D eigenvalue weighted by atomic mass is 14.6. The molecule has 0 fully saturated rings. The highest BCUT2D eigenvalue weighted by Gasteiger charge is 2.11. The van der Waals surface area contributed by atoms with Gasteiger partial charge in [-0.15, -0.1) is 0 Å². The smallest absolute Gasteiger partial charge is 0.0381 e. The van der Waals surface area contributed by atoms with Gasteiger partial charge in [0.2, 0.25) is 0 Å². The summed E-state index contributed by atoms with van der Waals surface area (Å²) in [5.41, 5.74) is 19.1. The maximum Gasteiger partial charge on any atom is 0.0381 e. The fraction of sp³-hybridized carbons (Fsp3) is 0.368. The Hall–Kier alpha value is -1.96. The molecule has 21 heavy (non-hydrogen) atoms. The molecule has 0 atom stereocenters. The average molecular weight is 282 g/mol. The van der Waals surface area contributed by atoms with Crippen LogP contribution in [0.4, 0.5) is 11.4 Å². The van der Waals surface area contributed by atoms with Gasteiger partial charge in [0.05, 0.1) is 0 Å². The summed E-state index contributed by atoms with van der Waals surface area (Å²) in [6.07, 6.45) is 3.09. The predicted molar refractivity (Wildman–Crippen MR) is 92.6 cm³/mol. The van der Waals surface area contributed by atoms with Gasteiger partial charge in [0.25, 0.3) is 0 Å². The lowest BCUT2D eigenvalue weighted by molar-refractivity contribution is 0.854. The number of aryl methyl sites for hydroxylation is 1. The van der Waals surface area contributed by atoms with Crippen molar-refractivity contribution in [3.63, 3.8) is 0 Å². The molecule has 2 heteroatoms. The third-order valence-corrected chi connectivity index (χ3v) is 3.89. The van der Waals surface area contributed by atoms with Gasteiger partial charge >= 0.3 is 0 Å². The summed E-state index contributed by atoms with van der Waals surface area (Å²) < 4.78 is 0. The molecule has 0 unspecified atom stereocenters. The molecule has 0 aliphatic carbocycles. The topological polar surface area (TPSA) is 52.0 Å². The number of nitrogen functional groups attached to an aromatic ring is 2. The second-order valence-electron chi connectivity index (χ2n) is 6.08. The number of rotatable bonds is 5. The SMILES string of the molecule is CCCc1cc(Cc2ccc(N)cc2)cc(C(C)C)c1N. The number of hydrogen-bond donors (Lipinski definition) is 2. The van der Waals surface area contributed by atoms with E-state index in [1.165, 1.54) is 22.3 Å². The van der Waals surface area contributed by atoms with Gasteiger partial charge in [-0.1, -0.05) is 51.5 Å². The van der Waals surface area contributed by atoms with E-state index in [9.17, 15) is 0 Å². The lowest BCUT2D eigenvalue weighted by atomic mass is 9.91. The molecular weight excluding hydrogens is 256 g/mol. The van der Waals surface area contributed by atoms with Crippen molar-refractivity contribution < 1.29 is 0 Å². The van der Waals surface area contributed by atoms with Crippen molar-refractivity contribution in [1.82, 2.24) is 0 Å². The maximum atomic E-state index is 6.34.